The molecule has 0 atom stereocenters. The van der Waals surface area contributed by atoms with Gasteiger partial charge in [0.05, 0.1) is 17.5 Å². The van der Waals surface area contributed by atoms with Gasteiger partial charge in [-0.2, -0.15) is 0 Å². The molecule has 7 heteroatoms. The third-order valence-electron chi connectivity index (χ3n) is 6.94. The number of rotatable bonds is 8. The van der Waals surface area contributed by atoms with Crippen molar-refractivity contribution in [2.45, 2.75) is 70.3 Å². The smallest absolute Gasteiger partial charge is 0.307 e. The van der Waals surface area contributed by atoms with Gasteiger partial charge in [0.2, 0.25) is 0 Å². The summed E-state index contributed by atoms with van der Waals surface area (Å²) in [6, 6.07) is 5.64. The number of aryl methyl sites for hydroxylation is 2. The Bertz CT molecular complexity index is 927. The van der Waals surface area contributed by atoms with Crippen LogP contribution in [0.4, 0.5) is 0 Å². The third kappa shape index (κ3) is 5.88. The van der Waals surface area contributed by atoms with Crippen molar-refractivity contribution in [3.8, 4) is 0 Å². The molecular weight excluding hydrogens is 404 g/mol. The van der Waals surface area contributed by atoms with E-state index >= 15 is 0 Å². The van der Waals surface area contributed by atoms with Crippen molar-refractivity contribution in [3.63, 3.8) is 0 Å². The number of amides is 1. The van der Waals surface area contributed by atoms with Crippen molar-refractivity contribution >= 4 is 22.9 Å². The van der Waals surface area contributed by atoms with E-state index in [1.807, 2.05) is 25.2 Å². The summed E-state index contributed by atoms with van der Waals surface area (Å²) in [6.45, 7) is 2.51. The van der Waals surface area contributed by atoms with E-state index in [9.17, 15) is 9.59 Å². The highest BCUT2D eigenvalue weighted by atomic mass is 16.5. The Kier molecular flexibility index (Phi) is 7.79. The van der Waals surface area contributed by atoms with E-state index in [1.54, 1.807) is 0 Å². The van der Waals surface area contributed by atoms with Gasteiger partial charge in [-0.1, -0.05) is 6.42 Å². The van der Waals surface area contributed by atoms with Crippen LogP contribution in [0.1, 0.15) is 74.0 Å². The average Bonchev–Trinajstić information content (AvgIpc) is 3.13. The van der Waals surface area contributed by atoms with Crippen LogP contribution in [0.15, 0.2) is 18.2 Å². The Hall–Kier alpha value is -2.41. The summed E-state index contributed by atoms with van der Waals surface area (Å²) in [5, 5.41) is 6.26. The lowest BCUT2D eigenvalue weighted by atomic mass is 9.93. The first kappa shape index (κ1) is 22.8. The molecule has 2 heterocycles. The molecule has 1 aliphatic heterocycles. The Morgan fingerprint density at radius 1 is 1.16 bits per heavy atom. The topological polar surface area (TPSA) is 85.3 Å². The van der Waals surface area contributed by atoms with Gasteiger partial charge in [-0.25, -0.2) is 4.98 Å². The van der Waals surface area contributed by atoms with Crippen LogP contribution >= 0.6 is 0 Å². The molecule has 0 spiro atoms. The van der Waals surface area contributed by atoms with Crippen molar-refractivity contribution in [1.29, 1.82) is 0 Å². The summed E-state index contributed by atoms with van der Waals surface area (Å²) in [5.74, 6) is 1.43. The Balaban J connectivity index is 1.28. The number of aromatic nitrogens is 2. The molecular formula is C25H36N4O3. The fourth-order valence-corrected chi connectivity index (χ4v) is 4.93. The average molecular weight is 441 g/mol. The Morgan fingerprint density at radius 3 is 2.72 bits per heavy atom. The summed E-state index contributed by atoms with van der Waals surface area (Å²) in [5.41, 5.74) is 2.45. The van der Waals surface area contributed by atoms with Crippen LogP contribution in [-0.4, -0.2) is 47.2 Å². The van der Waals surface area contributed by atoms with E-state index in [4.69, 9.17) is 9.72 Å². The van der Waals surface area contributed by atoms with Gasteiger partial charge in [-0.15, -0.1) is 0 Å². The molecule has 1 aromatic carbocycles. The van der Waals surface area contributed by atoms with Gasteiger partial charge < -0.3 is 19.9 Å². The molecule has 2 aromatic rings. The summed E-state index contributed by atoms with van der Waals surface area (Å²) in [4.78, 5) is 29.4. The SMILES string of the molecule is Cn1c(CCC2CCNCC2)nc2cc(C(=O)NCCC(=O)OC3CCCCC3)ccc21. The lowest BCUT2D eigenvalue weighted by Gasteiger charge is -2.22. The predicted molar refractivity (Wildman–Crippen MR) is 125 cm³/mol. The zero-order valence-corrected chi connectivity index (χ0v) is 19.2. The second kappa shape index (κ2) is 10.9. The molecule has 1 saturated carbocycles. The van der Waals surface area contributed by atoms with Gasteiger partial charge in [-0.3, -0.25) is 9.59 Å². The highest BCUT2D eigenvalue weighted by molar-refractivity contribution is 5.97. The second-order valence-electron chi connectivity index (χ2n) is 9.28. The van der Waals surface area contributed by atoms with Crippen LogP contribution in [-0.2, 0) is 23.0 Å². The zero-order chi connectivity index (χ0) is 22.3. The van der Waals surface area contributed by atoms with Crippen LogP contribution in [0.5, 0.6) is 0 Å². The molecule has 7 nitrogen and oxygen atoms in total. The molecule has 4 rings (SSSR count). The quantitative estimate of drug-likeness (QED) is 0.614. The molecule has 0 radical (unpaired) electrons. The fraction of sp³-hybridized carbons (Fsp3) is 0.640. The number of imidazole rings is 1. The van der Waals surface area contributed by atoms with E-state index in [0.29, 0.717) is 5.56 Å². The molecule has 2 N–H and O–H groups in total. The molecule has 2 aliphatic rings. The largest absolute Gasteiger partial charge is 0.462 e. The number of carbonyl (C=O) groups is 2. The number of ether oxygens (including phenoxy) is 1. The number of hydrogen-bond donors (Lipinski definition) is 2. The predicted octanol–water partition coefficient (Wildman–Crippen LogP) is 3.50. The normalized spacial score (nSPS) is 18.0. The number of esters is 1. The highest BCUT2D eigenvalue weighted by Gasteiger charge is 2.18. The van der Waals surface area contributed by atoms with Crippen LogP contribution in [0.3, 0.4) is 0 Å². The number of nitrogens with one attached hydrogen (secondary N) is 2. The van der Waals surface area contributed by atoms with Crippen molar-refractivity contribution in [2.24, 2.45) is 13.0 Å². The van der Waals surface area contributed by atoms with Gasteiger partial charge in [0.15, 0.2) is 0 Å². The zero-order valence-electron chi connectivity index (χ0n) is 19.2. The molecule has 0 unspecified atom stereocenters. The highest BCUT2D eigenvalue weighted by Crippen LogP contribution is 2.22. The maximum absolute atomic E-state index is 12.6. The Labute approximate surface area is 190 Å². The number of piperidine rings is 1. The lowest BCUT2D eigenvalue weighted by Crippen LogP contribution is -2.28. The van der Waals surface area contributed by atoms with E-state index in [-0.39, 0.29) is 30.9 Å². The van der Waals surface area contributed by atoms with Crippen molar-refractivity contribution in [3.05, 3.63) is 29.6 Å². The van der Waals surface area contributed by atoms with E-state index in [1.165, 1.54) is 19.3 Å². The van der Waals surface area contributed by atoms with E-state index < -0.39 is 0 Å². The lowest BCUT2D eigenvalue weighted by molar-refractivity contribution is -0.150. The second-order valence-corrected chi connectivity index (χ2v) is 9.28. The molecule has 1 aromatic heterocycles. The first-order valence-corrected chi connectivity index (χ1v) is 12.2. The maximum atomic E-state index is 12.6. The van der Waals surface area contributed by atoms with Gasteiger partial charge in [0.1, 0.15) is 11.9 Å². The Morgan fingerprint density at radius 2 is 1.94 bits per heavy atom. The van der Waals surface area contributed by atoms with Crippen LogP contribution in [0, 0.1) is 5.92 Å². The van der Waals surface area contributed by atoms with Crippen molar-refractivity contribution in [1.82, 2.24) is 20.2 Å². The minimum atomic E-state index is -0.226. The van der Waals surface area contributed by atoms with E-state index in [0.717, 1.165) is 74.4 Å². The summed E-state index contributed by atoms with van der Waals surface area (Å²) < 4.78 is 7.65. The van der Waals surface area contributed by atoms with Gasteiger partial charge >= 0.3 is 5.97 Å². The number of fused-ring (bicyclic) bond motifs is 1. The molecule has 32 heavy (non-hydrogen) atoms. The van der Waals surface area contributed by atoms with Crippen LogP contribution < -0.4 is 10.6 Å². The molecule has 1 aliphatic carbocycles. The third-order valence-corrected chi connectivity index (χ3v) is 6.94. The summed E-state index contributed by atoms with van der Waals surface area (Å²) in [6.07, 6.45) is 10.3. The first-order chi connectivity index (χ1) is 15.6. The van der Waals surface area contributed by atoms with Crippen molar-refractivity contribution < 1.29 is 14.3 Å². The molecule has 1 amide bonds. The number of benzene rings is 1. The van der Waals surface area contributed by atoms with Crippen LogP contribution in [0.25, 0.3) is 11.0 Å². The summed E-state index contributed by atoms with van der Waals surface area (Å²) in [7, 11) is 2.05. The summed E-state index contributed by atoms with van der Waals surface area (Å²) >= 11 is 0. The maximum Gasteiger partial charge on any atom is 0.307 e. The number of nitrogens with zero attached hydrogens (tertiary/aromatic N) is 2. The fourth-order valence-electron chi connectivity index (χ4n) is 4.93. The van der Waals surface area contributed by atoms with Gasteiger partial charge in [-0.05, 0) is 82.2 Å². The number of carbonyl (C=O) groups excluding carboxylic acids is 2. The molecule has 174 valence electrons. The van der Waals surface area contributed by atoms with Crippen LogP contribution in [0.2, 0.25) is 0 Å². The van der Waals surface area contributed by atoms with Gasteiger partial charge in [0, 0.05) is 25.6 Å². The molecule has 0 bridgehead atoms. The minimum Gasteiger partial charge on any atom is -0.462 e. The number of hydrogen-bond acceptors (Lipinski definition) is 5. The standard InChI is InChI=1S/C25H36N4O3/c1-29-22-9-8-19(17-21(22)28-23(29)10-7-18-11-14-26-15-12-18)25(31)27-16-13-24(30)32-20-5-3-2-4-6-20/h8-9,17-18,20,26H,2-7,10-16H2,1H3,(H,27,31). The molecule has 2 fully saturated rings. The van der Waals surface area contributed by atoms with E-state index in [2.05, 4.69) is 15.2 Å². The first-order valence-electron chi connectivity index (χ1n) is 12.2. The monoisotopic (exact) mass is 440 g/mol. The van der Waals surface area contributed by atoms with Gasteiger partial charge in [0.25, 0.3) is 5.91 Å². The molecule has 1 saturated heterocycles. The van der Waals surface area contributed by atoms with Crippen molar-refractivity contribution in [2.75, 3.05) is 19.6 Å². The minimum absolute atomic E-state index is 0.0579.